The van der Waals surface area contributed by atoms with E-state index in [0.29, 0.717) is 0 Å². The van der Waals surface area contributed by atoms with Crippen LogP contribution in [0.5, 0.6) is 0 Å². The molecule has 17 nitrogen and oxygen atoms in total. The normalized spacial score (nSPS) is 12.1. The SMILES string of the molecule is O=C(Nc1cc(C(=O)NC(O)CCO)cc([N+](=O)[O-])c1)Nc1cc(C(=O)NC(O)CCO)cc([N+](=O)[O-])c1. The molecule has 2 rings (SSSR count). The second-order valence-corrected chi connectivity index (χ2v) is 7.63. The number of amides is 4. The molecule has 2 aromatic carbocycles. The van der Waals surface area contributed by atoms with Crippen LogP contribution in [0, 0.1) is 20.2 Å². The van der Waals surface area contributed by atoms with Crippen molar-refractivity contribution in [1.29, 1.82) is 0 Å². The van der Waals surface area contributed by atoms with Crippen molar-refractivity contribution in [3.63, 3.8) is 0 Å². The van der Waals surface area contributed by atoms with Gasteiger partial charge in [-0.15, -0.1) is 0 Å². The fraction of sp³-hybridized carbons (Fsp3) is 0.286. The highest BCUT2D eigenvalue weighted by atomic mass is 16.6. The van der Waals surface area contributed by atoms with Gasteiger partial charge in [-0.1, -0.05) is 0 Å². The molecule has 0 saturated heterocycles. The molecule has 0 aliphatic heterocycles. The van der Waals surface area contributed by atoms with Crippen LogP contribution in [0.4, 0.5) is 27.5 Å². The van der Waals surface area contributed by atoms with Gasteiger partial charge in [0.05, 0.1) is 21.2 Å². The summed E-state index contributed by atoms with van der Waals surface area (Å²) in [7, 11) is 0. The van der Waals surface area contributed by atoms with Crippen molar-refractivity contribution in [3.8, 4) is 0 Å². The van der Waals surface area contributed by atoms with Crippen LogP contribution in [0.2, 0.25) is 0 Å². The number of hydrogen-bond acceptors (Lipinski definition) is 11. The van der Waals surface area contributed by atoms with Gasteiger partial charge in [-0.05, 0) is 12.1 Å². The van der Waals surface area contributed by atoms with Crippen LogP contribution in [-0.2, 0) is 0 Å². The van der Waals surface area contributed by atoms with E-state index in [9.17, 15) is 44.8 Å². The second kappa shape index (κ2) is 13.6. The topological polar surface area (TPSA) is 267 Å². The summed E-state index contributed by atoms with van der Waals surface area (Å²) in [5, 5.41) is 68.1. The summed E-state index contributed by atoms with van der Waals surface area (Å²) in [5.41, 5.74) is -2.23. The van der Waals surface area contributed by atoms with Gasteiger partial charge in [-0.25, -0.2) is 4.79 Å². The Labute approximate surface area is 213 Å². The number of nitro groups is 2. The predicted octanol–water partition coefficient (Wildman–Crippen LogP) is 0.00820. The van der Waals surface area contributed by atoms with Crippen LogP contribution >= 0.6 is 0 Å². The molecule has 2 aromatic rings. The molecule has 0 fully saturated rings. The molecule has 38 heavy (non-hydrogen) atoms. The molecule has 17 heteroatoms. The van der Waals surface area contributed by atoms with Gasteiger partial charge in [0.15, 0.2) is 0 Å². The molecule has 0 bridgehead atoms. The zero-order valence-corrected chi connectivity index (χ0v) is 19.5. The highest BCUT2D eigenvalue weighted by molar-refractivity contribution is 6.03. The van der Waals surface area contributed by atoms with Gasteiger partial charge in [0, 0.05) is 61.4 Å². The maximum absolute atomic E-state index is 12.5. The standard InChI is InChI=1S/C21H24N6O11/c28-3-1-17(30)24-19(32)11-5-13(9-15(7-11)26(35)36)22-21(34)23-14-6-12(8-16(10-14)27(37)38)20(33)25-18(31)2-4-29/h5-10,17-18,28-31H,1-4H2,(H,24,32)(H,25,33)(H2,22,23,34). The Morgan fingerprint density at radius 1 is 0.711 bits per heavy atom. The molecule has 4 amide bonds. The van der Waals surface area contributed by atoms with E-state index in [0.717, 1.165) is 36.4 Å². The van der Waals surface area contributed by atoms with Crippen molar-refractivity contribution in [1.82, 2.24) is 10.6 Å². The van der Waals surface area contributed by atoms with E-state index in [1.54, 1.807) is 0 Å². The van der Waals surface area contributed by atoms with Crippen LogP contribution in [-0.4, -0.2) is 73.8 Å². The fourth-order valence-corrected chi connectivity index (χ4v) is 2.99. The maximum atomic E-state index is 12.5. The number of nitro benzene ring substituents is 2. The van der Waals surface area contributed by atoms with Crippen LogP contribution < -0.4 is 21.3 Å². The summed E-state index contributed by atoms with van der Waals surface area (Å²) in [6.45, 7) is -0.874. The molecule has 0 aromatic heterocycles. The van der Waals surface area contributed by atoms with Gasteiger partial charge in [0.1, 0.15) is 12.5 Å². The van der Waals surface area contributed by atoms with E-state index in [1.807, 2.05) is 0 Å². The van der Waals surface area contributed by atoms with Crippen LogP contribution in [0.25, 0.3) is 0 Å². The number of aliphatic hydroxyl groups excluding tert-OH is 4. The number of rotatable bonds is 12. The third-order valence-electron chi connectivity index (χ3n) is 4.70. The van der Waals surface area contributed by atoms with E-state index in [4.69, 9.17) is 10.2 Å². The van der Waals surface area contributed by atoms with Crippen LogP contribution in [0.1, 0.15) is 33.6 Å². The Kier molecular flexibility index (Phi) is 10.5. The van der Waals surface area contributed by atoms with Crippen molar-refractivity contribution in [3.05, 3.63) is 67.8 Å². The fourth-order valence-electron chi connectivity index (χ4n) is 2.99. The summed E-state index contributed by atoms with van der Waals surface area (Å²) in [4.78, 5) is 58.1. The van der Waals surface area contributed by atoms with Crippen molar-refractivity contribution in [2.75, 3.05) is 23.8 Å². The number of hydrogen-bond donors (Lipinski definition) is 8. The summed E-state index contributed by atoms with van der Waals surface area (Å²) in [6.07, 6.45) is -3.26. The molecule has 0 heterocycles. The van der Waals surface area contributed by atoms with Crippen molar-refractivity contribution >= 4 is 40.6 Å². The first kappa shape index (κ1) is 29.5. The van der Waals surface area contributed by atoms with E-state index in [-0.39, 0.29) is 35.3 Å². The summed E-state index contributed by atoms with van der Waals surface area (Å²) < 4.78 is 0. The minimum atomic E-state index is -1.43. The third kappa shape index (κ3) is 8.75. The Morgan fingerprint density at radius 2 is 1.08 bits per heavy atom. The molecular weight excluding hydrogens is 512 g/mol. The van der Waals surface area contributed by atoms with Gasteiger partial charge in [0.25, 0.3) is 23.2 Å². The minimum absolute atomic E-state index is 0.197. The van der Waals surface area contributed by atoms with Gasteiger partial charge < -0.3 is 41.7 Å². The number of aliphatic hydroxyl groups is 4. The lowest BCUT2D eigenvalue weighted by atomic mass is 10.1. The average molecular weight is 536 g/mol. The van der Waals surface area contributed by atoms with Gasteiger partial charge in [-0.2, -0.15) is 0 Å². The number of urea groups is 1. The summed E-state index contributed by atoms with van der Waals surface area (Å²) >= 11 is 0. The van der Waals surface area contributed by atoms with Crippen molar-refractivity contribution < 1.29 is 44.7 Å². The molecule has 0 aliphatic carbocycles. The summed E-state index contributed by atoms with van der Waals surface area (Å²) in [6, 6.07) is 4.70. The predicted molar refractivity (Wildman–Crippen MR) is 129 cm³/mol. The number of carbonyl (C=O) groups is 3. The second-order valence-electron chi connectivity index (χ2n) is 7.63. The monoisotopic (exact) mass is 536 g/mol. The quantitative estimate of drug-likeness (QED) is 0.102. The highest BCUT2D eigenvalue weighted by Crippen LogP contribution is 2.24. The number of nitrogens with one attached hydrogen (secondary N) is 4. The molecule has 8 N–H and O–H groups in total. The first-order valence-corrected chi connectivity index (χ1v) is 10.8. The Hall–Kier alpha value is -4.71. The van der Waals surface area contributed by atoms with Crippen LogP contribution in [0.3, 0.4) is 0 Å². The lowest BCUT2D eigenvalue weighted by molar-refractivity contribution is -0.385. The largest absolute Gasteiger partial charge is 0.396 e. The third-order valence-corrected chi connectivity index (χ3v) is 4.70. The molecule has 2 atom stereocenters. The van der Waals surface area contributed by atoms with E-state index >= 15 is 0 Å². The average Bonchev–Trinajstić information content (AvgIpc) is 2.83. The van der Waals surface area contributed by atoms with Gasteiger partial charge >= 0.3 is 6.03 Å². The van der Waals surface area contributed by atoms with E-state index in [2.05, 4.69) is 21.3 Å². The molecule has 2 unspecified atom stereocenters. The van der Waals surface area contributed by atoms with E-state index < -0.39 is 64.7 Å². The lowest BCUT2D eigenvalue weighted by Crippen LogP contribution is -2.35. The smallest absolute Gasteiger partial charge is 0.323 e. The van der Waals surface area contributed by atoms with Crippen LogP contribution in [0.15, 0.2) is 36.4 Å². The minimum Gasteiger partial charge on any atom is -0.396 e. The van der Waals surface area contributed by atoms with Gasteiger partial charge in [0.2, 0.25) is 0 Å². The Balaban J connectivity index is 2.27. The van der Waals surface area contributed by atoms with Crippen molar-refractivity contribution in [2.45, 2.75) is 25.3 Å². The Bertz CT molecular complexity index is 1130. The number of non-ortho nitro benzene ring substituents is 2. The Morgan fingerprint density at radius 3 is 1.39 bits per heavy atom. The first-order chi connectivity index (χ1) is 17.9. The molecule has 0 spiro atoms. The van der Waals surface area contributed by atoms with Gasteiger partial charge in [-0.3, -0.25) is 29.8 Å². The van der Waals surface area contributed by atoms with E-state index in [1.165, 1.54) is 0 Å². The molecule has 0 radical (unpaired) electrons. The molecule has 204 valence electrons. The first-order valence-electron chi connectivity index (χ1n) is 10.8. The zero-order chi connectivity index (χ0) is 28.4. The lowest BCUT2D eigenvalue weighted by Gasteiger charge is -2.14. The number of benzene rings is 2. The molecule has 0 aliphatic rings. The molecule has 0 saturated carbocycles. The zero-order valence-electron chi connectivity index (χ0n) is 19.5. The number of nitrogens with zero attached hydrogens (tertiary/aromatic N) is 2. The maximum Gasteiger partial charge on any atom is 0.323 e. The highest BCUT2D eigenvalue weighted by Gasteiger charge is 2.20. The van der Waals surface area contributed by atoms with Crippen molar-refractivity contribution in [2.24, 2.45) is 0 Å². The number of anilines is 2. The molecular formula is C21H24N6O11. The number of carbonyl (C=O) groups excluding carboxylic acids is 3. The summed E-state index contributed by atoms with van der Waals surface area (Å²) in [5.74, 6) is -1.87.